The van der Waals surface area contributed by atoms with Gasteiger partial charge in [0.15, 0.2) is 0 Å². The van der Waals surface area contributed by atoms with Crippen molar-refractivity contribution < 1.29 is 14.5 Å². The molecule has 1 rings (SSSR count). The standard InChI is InChI=1S/C10H15N3O4/c1-4-7(3)12-6-8(13(15)16)9(11-12)10(14)17-5-2/h6-7H,4-5H2,1-3H3/t7-/m0/s1. The molecule has 0 aromatic carbocycles. The number of carbonyl (C=O) groups excluding carboxylic acids is 1. The molecule has 0 aliphatic carbocycles. The zero-order valence-electron chi connectivity index (χ0n) is 10.0. The molecule has 1 aromatic rings. The summed E-state index contributed by atoms with van der Waals surface area (Å²) in [5.41, 5.74) is -0.555. The number of aromatic nitrogens is 2. The van der Waals surface area contributed by atoms with Gasteiger partial charge >= 0.3 is 11.7 Å². The first kappa shape index (κ1) is 13.1. The molecule has 7 nitrogen and oxygen atoms in total. The average molecular weight is 241 g/mol. The quantitative estimate of drug-likeness (QED) is 0.446. The van der Waals surface area contributed by atoms with Crippen LogP contribution in [0.4, 0.5) is 5.69 Å². The molecule has 0 spiro atoms. The summed E-state index contributed by atoms with van der Waals surface area (Å²) in [5, 5.41) is 14.7. The molecule has 1 aromatic heterocycles. The first-order valence-corrected chi connectivity index (χ1v) is 5.41. The molecular weight excluding hydrogens is 226 g/mol. The number of ether oxygens (including phenoxy) is 1. The Hall–Kier alpha value is -1.92. The summed E-state index contributed by atoms with van der Waals surface area (Å²) in [6.07, 6.45) is 2.03. The fourth-order valence-corrected chi connectivity index (χ4v) is 1.27. The average Bonchev–Trinajstić information content (AvgIpc) is 2.73. The summed E-state index contributed by atoms with van der Waals surface area (Å²) in [4.78, 5) is 21.7. The van der Waals surface area contributed by atoms with E-state index < -0.39 is 10.9 Å². The molecule has 0 bridgehead atoms. The number of rotatable bonds is 5. The first-order valence-electron chi connectivity index (χ1n) is 5.41. The predicted molar refractivity (Wildman–Crippen MR) is 59.8 cm³/mol. The molecule has 7 heteroatoms. The number of carbonyl (C=O) groups is 1. The number of nitrogens with zero attached hydrogens (tertiary/aromatic N) is 3. The lowest BCUT2D eigenvalue weighted by atomic mass is 10.3. The van der Waals surface area contributed by atoms with Gasteiger partial charge in [-0.15, -0.1) is 0 Å². The molecule has 0 amide bonds. The Bertz CT molecular complexity index is 427. The lowest BCUT2D eigenvalue weighted by Gasteiger charge is -2.06. The maximum atomic E-state index is 11.5. The van der Waals surface area contributed by atoms with Gasteiger partial charge in [0, 0.05) is 6.04 Å². The number of nitro groups is 1. The van der Waals surface area contributed by atoms with Crippen molar-refractivity contribution >= 4 is 11.7 Å². The van der Waals surface area contributed by atoms with E-state index in [1.807, 2.05) is 13.8 Å². The van der Waals surface area contributed by atoms with E-state index in [0.29, 0.717) is 0 Å². The summed E-state index contributed by atoms with van der Waals surface area (Å²) >= 11 is 0. The van der Waals surface area contributed by atoms with Crippen LogP contribution in [-0.2, 0) is 4.74 Å². The van der Waals surface area contributed by atoms with Crippen LogP contribution in [0.3, 0.4) is 0 Å². The fourth-order valence-electron chi connectivity index (χ4n) is 1.27. The monoisotopic (exact) mass is 241 g/mol. The van der Waals surface area contributed by atoms with Crippen molar-refractivity contribution in [2.24, 2.45) is 0 Å². The van der Waals surface area contributed by atoms with Crippen molar-refractivity contribution in [1.82, 2.24) is 9.78 Å². The van der Waals surface area contributed by atoms with Crippen LogP contribution in [0.1, 0.15) is 43.7 Å². The number of esters is 1. The molecule has 0 aliphatic heterocycles. The highest BCUT2D eigenvalue weighted by molar-refractivity contribution is 5.91. The van der Waals surface area contributed by atoms with E-state index in [-0.39, 0.29) is 24.0 Å². The van der Waals surface area contributed by atoms with Gasteiger partial charge in [-0.1, -0.05) is 6.92 Å². The second-order valence-corrected chi connectivity index (χ2v) is 3.58. The summed E-state index contributed by atoms with van der Waals surface area (Å²) in [6.45, 7) is 5.59. The maximum Gasteiger partial charge on any atom is 0.366 e. The second kappa shape index (κ2) is 5.42. The van der Waals surface area contributed by atoms with Crippen LogP contribution in [0.25, 0.3) is 0 Å². The summed E-state index contributed by atoms with van der Waals surface area (Å²) in [5.74, 6) is -0.763. The van der Waals surface area contributed by atoms with Crippen molar-refractivity contribution in [3.8, 4) is 0 Å². The molecule has 0 N–H and O–H groups in total. The van der Waals surface area contributed by atoms with E-state index in [1.165, 1.54) is 10.9 Å². The third-order valence-electron chi connectivity index (χ3n) is 2.42. The minimum Gasteiger partial charge on any atom is -0.461 e. The Morgan fingerprint density at radius 1 is 1.65 bits per heavy atom. The van der Waals surface area contributed by atoms with Gasteiger partial charge in [0.1, 0.15) is 6.20 Å². The van der Waals surface area contributed by atoms with Gasteiger partial charge in [-0.25, -0.2) is 4.79 Å². The molecular formula is C10H15N3O4. The van der Waals surface area contributed by atoms with Crippen LogP contribution >= 0.6 is 0 Å². The smallest absolute Gasteiger partial charge is 0.366 e. The Kier molecular flexibility index (Phi) is 4.19. The minimum atomic E-state index is -0.763. The largest absolute Gasteiger partial charge is 0.461 e. The van der Waals surface area contributed by atoms with Crippen LogP contribution in [0, 0.1) is 10.1 Å². The molecule has 0 radical (unpaired) electrons. The van der Waals surface area contributed by atoms with E-state index in [0.717, 1.165) is 6.42 Å². The zero-order valence-corrected chi connectivity index (χ0v) is 10.0. The normalized spacial score (nSPS) is 12.2. The molecule has 17 heavy (non-hydrogen) atoms. The maximum absolute atomic E-state index is 11.5. The fraction of sp³-hybridized carbons (Fsp3) is 0.600. The van der Waals surface area contributed by atoms with Crippen molar-refractivity contribution in [2.45, 2.75) is 33.2 Å². The van der Waals surface area contributed by atoms with Gasteiger partial charge in [0.05, 0.1) is 11.5 Å². The van der Waals surface area contributed by atoms with Crippen LogP contribution in [-0.4, -0.2) is 27.3 Å². The molecule has 0 saturated carbocycles. The van der Waals surface area contributed by atoms with Crippen LogP contribution < -0.4 is 0 Å². The highest BCUT2D eigenvalue weighted by Crippen LogP contribution is 2.21. The van der Waals surface area contributed by atoms with Gasteiger partial charge in [0.2, 0.25) is 5.69 Å². The van der Waals surface area contributed by atoms with E-state index in [2.05, 4.69) is 5.10 Å². The lowest BCUT2D eigenvalue weighted by molar-refractivity contribution is -0.385. The Balaban J connectivity index is 3.14. The van der Waals surface area contributed by atoms with E-state index in [1.54, 1.807) is 6.92 Å². The molecule has 0 aliphatic rings. The van der Waals surface area contributed by atoms with Gasteiger partial charge < -0.3 is 4.74 Å². The van der Waals surface area contributed by atoms with Crippen LogP contribution in [0.5, 0.6) is 0 Å². The Labute approximate surface area is 98.5 Å². The third kappa shape index (κ3) is 2.80. The van der Waals surface area contributed by atoms with Gasteiger partial charge in [-0.2, -0.15) is 5.10 Å². The second-order valence-electron chi connectivity index (χ2n) is 3.58. The zero-order chi connectivity index (χ0) is 13.0. The highest BCUT2D eigenvalue weighted by Gasteiger charge is 2.27. The molecule has 1 heterocycles. The molecule has 0 saturated heterocycles. The first-order chi connectivity index (χ1) is 8.01. The van der Waals surface area contributed by atoms with Crippen LogP contribution in [0.2, 0.25) is 0 Å². The Morgan fingerprint density at radius 2 is 2.29 bits per heavy atom. The van der Waals surface area contributed by atoms with Crippen molar-refractivity contribution in [3.05, 3.63) is 22.0 Å². The van der Waals surface area contributed by atoms with Crippen LogP contribution in [0.15, 0.2) is 6.20 Å². The molecule has 1 atom stereocenters. The topological polar surface area (TPSA) is 87.3 Å². The number of hydrogen-bond acceptors (Lipinski definition) is 5. The van der Waals surface area contributed by atoms with Crippen molar-refractivity contribution in [1.29, 1.82) is 0 Å². The molecule has 0 fully saturated rings. The van der Waals surface area contributed by atoms with Gasteiger partial charge in [-0.05, 0) is 20.3 Å². The van der Waals surface area contributed by atoms with Gasteiger partial charge in [0.25, 0.3) is 0 Å². The van der Waals surface area contributed by atoms with E-state index in [4.69, 9.17) is 4.74 Å². The van der Waals surface area contributed by atoms with Crippen molar-refractivity contribution in [3.63, 3.8) is 0 Å². The lowest BCUT2D eigenvalue weighted by Crippen LogP contribution is -2.10. The minimum absolute atomic E-state index is 0.00289. The predicted octanol–water partition coefficient (Wildman–Crippen LogP) is 1.94. The van der Waals surface area contributed by atoms with E-state index >= 15 is 0 Å². The summed E-state index contributed by atoms with van der Waals surface area (Å²) < 4.78 is 6.15. The highest BCUT2D eigenvalue weighted by atomic mass is 16.6. The SMILES string of the molecule is CCOC(=O)c1nn([C@@H](C)CC)cc1[N+](=O)[O-]. The number of hydrogen-bond donors (Lipinski definition) is 0. The third-order valence-corrected chi connectivity index (χ3v) is 2.42. The van der Waals surface area contributed by atoms with E-state index in [9.17, 15) is 14.9 Å². The molecule has 94 valence electrons. The Morgan fingerprint density at radius 3 is 2.76 bits per heavy atom. The summed E-state index contributed by atoms with van der Waals surface area (Å²) in [6, 6.07) is -0.00289. The van der Waals surface area contributed by atoms with Crippen molar-refractivity contribution in [2.75, 3.05) is 6.61 Å². The molecule has 0 unspecified atom stereocenters. The van der Waals surface area contributed by atoms with Gasteiger partial charge in [-0.3, -0.25) is 14.8 Å². The summed E-state index contributed by atoms with van der Waals surface area (Å²) in [7, 11) is 0.